The molecule has 2 rings (SSSR count). The van der Waals surface area contributed by atoms with Gasteiger partial charge in [0.25, 0.3) is 0 Å². The molecule has 0 aliphatic carbocycles. The molecule has 0 aromatic heterocycles. The molecule has 0 unspecified atom stereocenters. The van der Waals surface area contributed by atoms with Gasteiger partial charge in [-0.05, 0) is 51.2 Å². The molecule has 0 spiro atoms. The van der Waals surface area contributed by atoms with E-state index < -0.39 is 0 Å². The van der Waals surface area contributed by atoms with Gasteiger partial charge < -0.3 is 5.32 Å². The Bertz CT molecular complexity index is 566. The molecule has 1 N–H and O–H groups in total. The maximum absolute atomic E-state index is 6.00. The Labute approximate surface area is 128 Å². The van der Waals surface area contributed by atoms with Gasteiger partial charge in [0.15, 0.2) is 0 Å². The molecule has 0 aliphatic heterocycles. The molecule has 3 heteroatoms. The first-order chi connectivity index (χ1) is 9.08. The minimum atomic E-state index is 0.514. The molecule has 0 amide bonds. The van der Waals surface area contributed by atoms with Crippen molar-refractivity contribution in [3.05, 3.63) is 63.1 Å². The first kappa shape index (κ1) is 14.4. The van der Waals surface area contributed by atoms with Crippen LogP contribution < -0.4 is 5.32 Å². The molecule has 2 aromatic rings. The fourth-order valence-electron chi connectivity index (χ4n) is 2.01. The number of para-hydroxylation sites is 1. The summed E-state index contributed by atoms with van der Waals surface area (Å²) in [5, 5.41) is 4.24. The van der Waals surface area contributed by atoms with E-state index in [9.17, 15) is 0 Å². The second kappa shape index (κ2) is 6.44. The zero-order chi connectivity index (χ0) is 13.8. The number of hydrogen-bond acceptors (Lipinski definition) is 1. The van der Waals surface area contributed by atoms with Crippen LogP contribution in [-0.4, -0.2) is 0 Å². The van der Waals surface area contributed by atoms with Gasteiger partial charge in [-0.25, -0.2) is 0 Å². The minimum absolute atomic E-state index is 0.514. The van der Waals surface area contributed by atoms with Gasteiger partial charge >= 0.3 is 0 Å². The molecule has 0 atom stereocenters. The van der Waals surface area contributed by atoms with E-state index in [0.29, 0.717) is 5.92 Å². The van der Waals surface area contributed by atoms with Crippen LogP contribution in [0.5, 0.6) is 0 Å². The SMILES string of the molecule is CC(C)c1ccccc1NCc1ccc(Cl)c(Br)c1. The zero-order valence-corrected chi connectivity index (χ0v) is 13.4. The Balaban J connectivity index is 2.12. The molecule has 0 heterocycles. The standard InChI is InChI=1S/C16H17BrClN/c1-11(2)13-5-3-4-6-16(13)19-10-12-7-8-15(18)14(17)9-12/h3-9,11,19H,10H2,1-2H3. The molecule has 0 radical (unpaired) electrons. The summed E-state index contributed by atoms with van der Waals surface area (Å²) in [6, 6.07) is 14.4. The van der Waals surface area contributed by atoms with Crippen molar-refractivity contribution in [2.45, 2.75) is 26.3 Å². The lowest BCUT2D eigenvalue weighted by Crippen LogP contribution is -2.03. The topological polar surface area (TPSA) is 12.0 Å². The highest BCUT2D eigenvalue weighted by molar-refractivity contribution is 9.10. The van der Waals surface area contributed by atoms with Gasteiger partial charge in [0.2, 0.25) is 0 Å². The van der Waals surface area contributed by atoms with E-state index in [2.05, 4.69) is 59.4 Å². The van der Waals surface area contributed by atoms with E-state index in [1.807, 2.05) is 18.2 Å². The third kappa shape index (κ3) is 3.74. The van der Waals surface area contributed by atoms with Crippen LogP contribution in [0.15, 0.2) is 46.9 Å². The summed E-state index contributed by atoms with van der Waals surface area (Å²) < 4.78 is 0.936. The molecule has 0 saturated carbocycles. The van der Waals surface area contributed by atoms with E-state index in [1.54, 1.807) is 0 Å². The fraction of sp³-hybridized carbons (Fsp3) is 0.250. The monoisotopic (exact) mass is 337 g/mol. The average Bonchev–Trinajstić information content (AvgIpc) is 2.40. The summed E-state index contributed by atoms with van der Waals surface area (Å²) in [4.78, 5) is 0. The minimum Gasteiger partial charge on any atom is -0.381 e. The van der Waals surface area contributed by atoms with Gasteiger partial charge in [-0.2, -0.15) is 0 Å². The summed E-state index contributed by atoms with van der Waals surface area (Å²) in [5.74, 6) is 0.514. The molecule has 100 valence electrons. The van der Waals surface area contributed by atoms with E-state index in [1.165, 1.54) is 16.8 Å². The van der Waals surface area contributed by atoms with Crippen LogP contribution in [-0.2, 0) is 6.54 Å². The lowest BCUT2D eigenvalue weighted by molar-refractivity contribution is 0.865. The molecular formula is C16H17BrClN. The normalized spacial score (nSPS) is 10.8. The van der Waals surface area contributed by atoms with Crippen molar-refractivity contribution in [2.75, 3.05) is 5.32 Å². The Kier molecular flexibility index (Phi) is 4.89. The number of nitrogens with one attached hydrogen (secondary N) is 1. The molecule has 0 aliphatic rings. The van der Waals surface area contributed by atoms with Crippen molar-refractivity contribution in [1.29, 1.82) is 0 Å². The summed E-state index contributed by atoms with van der Waals surface area (Å²) in [7, 11) is 0. The van der Waals surface area contributed by atoms with Crippen LogP contribution in [0.1, 0.15) is 30.9 Å². The lowest BCUT2D eigenvalue weighted by atomic mass is 10.0. The van der Waals surface area contributed by atoms with Gasteiger partial charge in [-0.1, -0.05) is 49.7 Å². The highest BCUT2D eigenvalue weighted by Crippen LogP contribution is 2.26. The molecular weight excluding hydrogens is 322 g/mol. The van der Waals surface area contributed by atoms with E-state index in [0.717, 1.165) is 16.0 Å². The Morgan fingerprint density at radius 2 is 1.89 bits per heavy atom. The van der Waals surface area contributed by atoms with Crippen LogP contribution in [0.4, 0.5) is 5.69 Å². The first-order valence-corrected chi connectivity index (χ1v) is 7.51. The third-order valence-electron chi connectivity index (χ3n) is 3.05. The van der Waals surface area contributed by atoms with Gasteiger partial charge in [0, 0.05) is 16.7 Å². The predicted octanol–water partition coefficient (Wildman–Crippen LogP) is 5.84. The third-order valence-corrected chi connectivity index (χ3v) is 4.26. The molecule has 0 saturated heterocycles. The highest BCUT2D eigenvalue weighted by atomic mass is 79.9. The molecule has 0 fully saturated rings. The number of anilines is 1. The Morgan fingerprint density at radius 3 is 2.58 bits per heavy atom. The summed E-state index contributed by atoms with van der Waals surface area (Å²) in [6.45, 7) is 5.21. The van der Waals surface area contributed by atoms with Gasteiger partial charge in [0.05, 0.1) is 5.02 Å². The highest BCUT2D eigenvalue weighted by Gasteiger charge is 2.05. The van der Waals surface area contributed by atoms with Crippen LogP contribution >= 0.6 is 27.5 Å². The summed E-state index contributed by atoms with van der Waals surface area (Å²) in [6.07, 6.45) is 0. The number of halogens is 2. The zero-order valence-electron chi connectivity index (χ0n) is 11.1. The van der Waals surface area contributed by atoms with Crippen LogP contribution in [0, 0.1) is 0 Å². The van der Waals surface area contributed by atoms with Crippen molar-refractivity contribution in [1.82, 2.24) is 0 Å². The fourth-order valence-corrected chi connectivity index (χ4v) is 2.55. The quantitative estimate of drug-likeness (QED) is 0.738. The number of hydrogen-bond donors (Lipinski definition) is 1. The smallest absolute Gasteiger partial charge is 0.0548 e. The maximum atomic E-state index is 6.00. The van der Waals surface area contributed by atoms with Gasteiger partial charge in [-0.3, -0.25) is 0 Å². The predicted molar refractivity (Wildman–Crippen MR) is 87.0 cm³/mol. The molecule has 0 bridgehead atoms. The van der Waals surface area contributed by atoms with Crippen LogP contribution in [0.25, 0.3) is 0 Å². The van der Waals surface area contributed by atoms with Crippen LogP contribution in [0.3, 0.4) is 0 Å². The maximum Gasteiger partial charge on any atom is 0.0548 e. The lowest BCUT2D eigenvalue weighted by Gasteiger charge is -2.14. The van der Waals surface area contributed by atoms with Crippen molar-refractivity contribution in [3.63, 3.8) is 0 Å². The second-order valence-electron chi connectivity index (χ2n) is 4.84. The largest absolute Gasteiger partial charge is 0.381 e. The van der Waals surface area contributed by atoms with E-state index in [4.69, 9.17) is 11.6 Å². The average molecular weight is 339 g/mol. The Morgan fingerprint density at radius 1 is 1.16 bits per heavy atom. The van der Waals surface area contributed by atoms with E-state index >= 15 is 0 Å². The van der Waals surface area contributed by atoms with Crippen molar-refractivity contribution in [2.24, 2.45) is 0 Å². The summed E-state index contributed by atoms with van der Waals surface area (Å²) in [5.41, 5.74) is 3.74. The van der Waals surface area contributed by atoms with Crippen molar-refractivity contribution in [3.8, 4) is 0 Å². The van der Waals surface area contributed by atoms with Gasteiger partial charge in [0.1, 0.15) is 0 Å². The number of rotatable bonds is 4. The van der Waals surface area contributed by atoms with Crippen molar-refractivity contribution < 1.29 is 0 Å². The number of benzene rings is 2. The van der Waals surface area contributed by atoms with Crippen molar-refractivity contribution >= 4 is 33.2 Å². The molecule has 2 aromatic carbocycles. The molecule has 19 heavy (non-hydrogen) atoms. The summed E-state index contributed by atoms with van der Waals surface area (Å²) >= 11 is 9.45. The second-order valence-corrected chi connectivity index (χ2v) is 6.11. The Hall–Kier alpha value is -0.990. The van der Waals surface area contributed by atoms with E-state index in [-0.39, 0.29) is 0 Å². The van der Waals surface area contributed by atoms with Gasteiger partial charge in [-0.15, -0.1) is 0 Å². The first-order valence-electron chi connectivity index (χ1n) is 6.34. The van der Waals surface area contributed by atoms with Crippen LogP contribution in [0.2, 0.25) is 5.02 Å². The molecule has 1 nitrogen and oxygen atoms in total.